The SMILES string of the molecule is Cc1c[c-]c(/C(F)=C\F)s1.[Li+]. The molecule has 0 bridgehead atoms. The van der Waals surface area contributed by atoms with Gasteiger partial charge in [0.15, 0.2) is 0 Å². The topological polar surface area (TPSA) is 0 Å². The Bertz CT molecular complexity index is 255. The molecular formula is C7H5F2LiS. The maximum atomic E-state index is 12.3. The van der Waals surface area contributed by atoms with Crippen LogP contribution in [0.2, 0.25) is 0 Å². The fourth-order valence-corrected chi connectivity index (χ4v) is 1.25. The van der Waals surface area contributed by atoms with Gasteiger partial charge in [0.1, 0.15) is 0 Å². The summed E-state index contributed by atoms with van der Waals surface area (Å²) in [5.74, 6) is -0.849. The summed E-state index contributed by atoms with van der Waals surface area (Å²) in [5.41, 5.74) is 0. The van der Waals surface area contributed by atoms with E-state index in [0.717, 1.165) is 4.88 Å². The summed E-state index contributed by atoms with van der Waals surface area (Å²) >= 11 is 1.18. The van der Waals surface area contributed by atoms with Crippen LogP contribution in [0.4, 0.5) is 8.78 Å². The van der Waals surface area contributed by atoms with Crippen LogP contribution in [0.25, 0.3) is 5.83 Å². The molecule has 0 fully saturated rings. The Hall–Kier alpha value is -0.103. The van der Waals surface area contributed by atoms with Crippen molar-refractivity contribution in [3.05, 3.63) is 28.2 Å². The summed E-state index contributed by atoms with van der Waals surface area (Å²) in [6.07, 6.45) is -0.0538. The van der Waals surface area contributed by atoms with Crippen molar-refractivity contribution in [2.24, 2.45) is 0 Å². The molecular weight excluding hydrogens is 161 g/mol. The molecule has 1 heterocycles. The zero-order valence-corrected chi connectivity index (χ0v) is 7.14. The van der Waals surface area contributed by atoms with Crippen LogP contribution < -0.4 is 18.9 Å². The monoisotopic (exact) mass is 166 g/mol. The van der Waals surface area contributed by atoms with E-state index in [9.17, 15) is 8.78 Å². The molecule has 0 radical (unpaired) electrons. The zero-order valence-electron chi connectivity index (χ0n) is 6.32. The summed E-state index contributed by atoms with van der Waals surface area (Å²) < 4.78 is 23.9. The standard InChI is InChI=1S/C7H5F2S.Li/c1-5-2-3-7(10-5)6(9)4-8;/h2,4H,1H3;/q-1;+1/b6-4+;. The molecule has 0 nitrogen and oxygen atoms in total. The van der Waals surface area contributed by atoms with Gasteiger partial charge in [0.05, 0.1) is 12.2 Å². The van der Waals surface area contributed by atoms with Gasteiger partial charge in [-0.25, -0.2) is 15.7 Å². The Morgan fingerprint density at radius 3 is 2.73 bits per heavy atom. The van der Waals surface area contributed by atoms with E-state index < -0.39 is 5.83 Å². The molecule has 0 N–H and O–H groups in total. The van der Waals surface area contributed by atoms with Gasteiger partial charge in [0, 0.05) is 0 Å². The van der Waals surface area contributed by atoms with Crippen molar-refractivity contribution in [3.8, 4) is 0 Å². The summed E-state index contributed by atoms with van der Waals surface area (Å²) in [6.45, 7) is 1.82. The molecule has 11 heavy (non-hydrogen) atoms. The van der Waals surface area contributed by atoms with Crippen LogP contribution in [0, 0.1) is 13.0 Å². The first kappa shape index (κ1) is 10.9. The van der Waals surface area contributed by atoms with Gasteiger partial charge in [-0.3, -0.25) is 4.39 Å². The van der Waals surface area contributed by atoms with Crippen molar-refractivity contribution in [1.29, 1.82) is 0 Å². The van der Waals surface area contributed by atoms with E-state index in [1.54, 1.807) is 6.07 Å². The van der Waals surface area contributed by atoms with Gasteiger partial charge in [0.25, 0.3) is 0 Å². The smallest absolute Gasteiger partial charge is 0.279 e. The zero-order chi connectivity index (χ0) is 7.56. The normalized spacial score (nSPS) is 11.0. The Balaban J connectivity index is 0.000001000. The minimum Gasteiger partial charge on any atom is -0.279 e. The number of aryl methyl sites for hydroxylation is 1. The van der Waals surface area contributed by atoms with Gasteiger partial charge >= 0.3 is 18.9 Å². The third-order valence-electron chi connectivity index (χ3n) is 0.982. The number of hydrogen-bond acceptors (Lipinski definition) is 1. The molecule has 1 aromatic rings. The van der Waals surface area contributed by atoms with Crippen molar-refractivity contribution >= 4 is 17.2 Å². The van der Waals surface area contributed by atoms with Crippen LogP contribution in [0.5, 0.6) is 0 Å². The first-order valence-corrected chi connectivity index (χ1v) is 3.50. The van der Waals surface area contributed by atoms with Crippen LogP contribution in [0.1, 0.15) is 9.75 Å². The third-order valence-corrected chi connectivity index (χ3v) is 1.94. The molecule has 0 spiro atoms. The average molecular weight is 166 g/mol. The van der Waals surface area contributed by atoms with E-state index in [0.29, 0.717) is 0 Å². The van der Waals surface area contributed by atoms with Crippen LogP contribution in [-0.2, 0) is 0 Å². The van der Waals surface area contributed by atoms with Crippen molar-refractivity contribution in [1.82, 2.24) is 0 Å². The molecule has 54 valence electrons. The Kier molecular flexibility index (Phi) is 4.67. The van der Waals surface area contributed by atoms with Gasteiger partial charge in [-0.05, 0) is 0 Å². The molecule has 0 aliphatic heterocycles. The second-order valence-corrected chi connectivity index (χ2v) is 3.04. The van der Waals surface area contributed by atoms with E-state index in [1.165, 1.54) is 11.3 Å². The third kappa shape index (κ3) is 2.78. The molecule has 0 saturated carbocycles. The molecule has 4 heteroatoms. The van der Waals surface area contributed by atoms with Crippen molar-refractivity contribution in [2.75, 3.05) is 0 Å². The van der Waals surface area contributed by atoms with Crippen molar-refractivity contribution in [3.63, 3.8) is 0 Å². The first-order chi connectivity index (χ1) is 4.74. The van der Waals surface area contributed by atoms with E-state index in [2.05, 4.69) is 6.07 Å². The first-order valence-electron chi connectivity index (χ1n) is 2.68. The van der Waals surface area contributed by atoms with Gasteiger partial charge in [-0.1, -0.05) is 16.7 Å². The predicted octanol–water partition coefficient (Wildman–Crippen LogP) is 0.0981. The summed E-state index contributed by atoms with van der Waals surface area (Å²) in [4.78, 5) is 1.15. The Morgan fingerprint density at radius 2 is 2.36 bits per heavy atom. The van der Waals surface area contributed by atoms with E-state index in [-0.39, 0.29) is 30.1 Å². The molecule has 0 saturated heterocycles. The second kappa shape index (κ2) is 4.71. The number of halogens is 2. The van der Waals surface area contributed by atoms with Gasteiger partial charge in [0.2, 0.25) is 0 Å². The molecule has 1 rings (SSSR count). The number of rotatable bonds is 1. The Labute approximate surface area is 80.1 Å². The van der Waals surface area contributed by atoms with Crippen LogP contribution in [-0.4, -0.2) is 0 Å². The largest absolute Gasteiger partial charge is 1.00 e. The molecule has 0 amide bonds. The molecule has 0 aliphatic carbocycles. The fourth-order valence-electron chi connectivity index (χ4n) is 0.554. The number of thiophene rings is 1. The van der Waals surface area contributed by atoms with Crippen molar-refractivity contribution < 1.29 is 27.6 Å². The van der Waals surface area contributed by atoms with Gasteiger partial charge in [-0.15, -0.1) is 0 Å². The summed E-state index contributed by atoms with van der Waals surface area (Å²) in [6, 6.07) is 4.22. The number of hydrogen-bond donors (Lipinski definition) is 0. The minimum absolute atomic E-state index is 0. The summed E-state index contributed by atoms with van der Waals surface area (Å²) in [5, 5.41) is 0. The van der Waals surface area contributed by atoms with E-state index in [1.807, 2.05) is 6.92 Å². The quantitative estimate of drug-likeness (QED) is 0.410. The summed E-state index contributed by atoms with van der Waals surface area (Å²) in [7, 11) is 0. The molecule has 0 atom stereocenters. The second-order valence-electron chi connectivity index (χ2n) is 1.79. The van der Waals surface area contributed by atoms with Gasteiger partial charge in [-0.2, -0.15) is 12.1 Å². The minimum atomic E-state index is -0.849. The maximum Gasteiger partial charge on any atom is 1.00 e. The van der Waals surface area contributed by atoms with Gasteiger partial charge < -0.3 is 0 Å². The van der Waals surface area contributed by atoms with E-state index >= 15 is 0 Å². The Morgan fingerprint density at radius 1 is 1.73 bits per heavy atom. The molecule has 1 aromatic heterocycles. The average Bonchev–Trinajstić information content (AvgIpc) is 2.34. The van der Waals surface area contributed by atoms with Crippen LogP contribution >= 0.6 is 11.3 Å². The molecule has 0 aliphatic rings. The molecule has 0 unspecified atom stereocenters. The fraction of sp³-hybridized carbons (Fsp3) is 0.143. The van der Waals surface area contributed by atoms with Crippen LogP contribution in [0.15, 0.2) is 12.4 Å². The predicted molar refractivity (Wildman–Crippen MR) is 38.1 cm³/mol. The van der Waals surface area contributed by atoms with Crippen LogP contribution in [0.3, 0.4) is 0 Å². The van der Waals surface area contributed by atoms with E-state index in [4.69, 9.17) is 0 Å². The van der Waals surface area contributed by atoms with Crippen molar-refractivity contribution in [2.45, 2.75) is 6.92 Å². The molecule has 0 aromatic carbocycles. The maximum absolute atomic E-state index is 12.3.